The van der Waals surface area contributed by atoms with Crippen molar-refractivity contribution < 1.29 is 22.3 Å². The number of rotatable bonds is 7. The van der Waals surface area contributed by atoms with Crippen LogP contribution in [0.2, 0.25) is 5.02 Å². The minimum atomic E-state index is -3.74. The van der Waals surface area contributed by atoms with E-state index in [-0.39, 0.29) is 29.1 Å². The van der Waals surface area contributed by atoms with Gasteiger partial charge in [-0.15, -0.1) is 0 Å². The molecule has 6 nitrogen and oxygen atoms in total. The Morgan fingerprint density at radius 2 is 2.03 bits per heavy atom. The quantitative estimate of drug-likeness (QED) is 0.440. The molecule has 1 saturated heterocycles. The molecular weight excluding hydrogens is 475 g/mol. The highest BCUT2D eigenvalue weighted by Crippen LogP contribution is 2.36. The fraction of sp³-hybridized carbons (Fsp3) is 0.364. The second-order valence-electron chi connectivity index (χ2n) is 7.70. The molecule has 170 valence electrons. The van der Waals surface area contributed by atoms with Crippen molar-refractivity contribution in [2.75, 3.05) is 23.8 Å². The summed E-state index contributed by atoms with van der Waals surface area (Å²) in [6.45, 7) is 2.85. The van der Waals surface area contributed by atoms with E-state index in [0.717, 1.165) is 40.8 Å². The van der Waals surface area contributed by atoms with Crippen molar-refractivity contribution in [3.63, 3.8) is 0 Å². The summed E-state index contributed by atoms with van der Waals surface area (Å²) in [6, 6.07) is 8.25. The summed E-state index contributed by atoms with van der Waals surface area (Å²) in [6.07, 6.45) is 1.38. The lowest BCUT2D eigenvalue weighted by Crippen LogP contribution is -2.38. The molecule has 1 aromatic heterocycles. The molecule has 1 amide bonds. The third kappa shape index (κ3) is 4.96. The summed E-state index contributed by atoms with van der Waals surface area (Å²) in [5.74, 6) is -1.27. The number of amides is 1. The lowest BCUT2D eigenvalue weighted by molar-refractivity contribution is -0.118. The van der Waals surface area contributed by atoms with Crippen molar-refractivity contribution in [2.45, 2.75) is 37.2 Å². The molecule has 0 radical (unpaired) electrons. The molecule has 0 bridgehead atoms. The van der Waals surface area contributed by atoms with Crippen molar-refractivity contribution in [1.29, 1.82) is 0 Å². The largest absolute Gasteiger partial charge is 0.376 e. The zero-order chi connectivity index (χ0) is 22.9. The van der Waals surface area contributed by atoms with Gasteiger partial charge in [-0.3, -0.25) is 9.69 Å². The molecule has 3 aromatic rings. The molecular formula is C22H22ClFN2O4S2. The second kappa shape index (κ2) is 9.43. The predicted molar refractivity (Wildman–Crippen MR) is 124 cm³/mol. The molecule has 0 aliphatic carbocycles. The molecule has 0 spiro atoms. The normalized spacial score (nSPS) is 16.5. The number of hydrogen-bond acceptors (Lipinski definition) is 6. The van der Waals surface area contributed by atoms with Crippen molar-refractivity contribution >= 4 is 54.0 Å². The average molecular weight is 497 g/mol. The van der Waals surface area contributed by atoms with Crippen LogP contribution < -0.4 is 4.90 Å². The van der Waals surface area contributed by atoms with Crippen LogP contribution in [0.5, 0.6) is 0 Å². The molecule has 32 heavy (non-hydrogen) atoms. The first-order valence-corrected chi connectivity index (χ1v) is 13.1. The number of sulfone groups is 1. The first-order chi connectivity index (χ1) is 15.2. The van der Waals surface area contributed by atoms with Crippen LogP contribution in [0.3, 0.4) is 0 Å². The number of carbonyl (C=O) groups is 1. The Kier molecular flexibility index (Phi) is 6.80. The summed E-state index contributed by atoms with van der Waals surface area (Å²) in [4.78, 5) is 19.3. The van der Waals surface area contributed by atoms with Gasteiger partial charge in [0.05, 0.1) is 38.5 Å². The Balaban J connectivity index is 1.59. The molecule has 4 rings (SSSR count). The number of carbonyl (C=O) groups excluding carboxylic acids is 1. The third-order valence-corrected chi connectivity index (χ3v) is 8.66. The summed E-state index contributed by atoms with van der Waals surface area (Å²) >= 11 is 7.64. The van der Waals surface area contributed by atoms with E-state index in [2.05, 4.69) is 4.98 Å². The summed E-state index contributed by atoms with van der Waals surface area (Å²) in [5.41, 5.74) is 1.66. The maximum atomic E-state index is 13.2. The Morgan fingerprint density at radius 3 is 2.69 bits per heavy atom. The number of anilines is 1. The number of aryl methyl sites for hydroxylation is 1. The Hall–Kier alpha value is -2.07. The number of nitrogens with zero attached hydrogens (tertiary/aromatic N) is 2. The summed E-state index contributed by atoms with van der Waals surface area (Å²) in [5, 5.41) is 1.02. The van der Waals surface area contributed by atoms with Gasteiger partial charge in [-0.2, -0.15) is 0 Å². The highest BCUT2D eigenvalue weighted by atomic mass is 35.5. The van der Waals surface area contributed by atoms with E-state index in [1.165, 1.54) is 28.4 Å². The van der Waals surface area contributed by atoms with Gasteiger partial charge in [0.2, 0.25) is 5.91 Å². The Bertz CT molecular complexity index is 1200. The van der Waals surface area contributed by atoms with E-state index in [1.807, 2.05) is 13.0 Å². The molecule has 0 N–H and O–H groups in total. The average Bonchev–Trinajstić information content (AvgIpc) is 3.44. The zero-order valence-corrected chi connectivity index (χ0v) is 19.8. The molecule has 2 heterocycles. The number of hydrogen-bond donors (Lipinski definition) is 0. The van der Waals surface area contributed by atoms with Gasteiger partial charge >= 0.3 is 0 Å². The smallest absolute Gasteiger partial charge is 0.229 e. The van der Waals surface area contributed by atoms with E-state index in [0.29, 0.717) is 23.3 Å². The number of halogens is 2. The van der Waals surface area contributed by atoms with E-state index < -0.39 is 15.7 Å². The predicted octanol–water partition coefficient (Wildman–Crippen LogP) is 4.77. The molecule has 10 heteroatoms. The van der Waals surface area contributed by atoms with Gasteiger partial charge in [-0.05, 0) is 55.7 Å². The molecule has 0 saturated carbocycles. The van der Waals surface area contributed by atoms with Crippen LogP contribution in [0, 0.1) is 12.7 Å². The fourth-order valence-corrected chi connectivity index (χ4v) is 6.17. The van der Waals surface area contributed by atoms with Gasteiger partial charge < -0.3 is 4.74 Å². The lowest BCUT2D eigenvalue weighted by atomic mass is 10.2. The van der Waals surface area contributed by atoms with Gasteiger partial charge in [0.15, 0.2) is 15.0 Å². The standard InChI is InChI=1S/C22H22ClFN2O4S2/c1-14-4-9-18(23)21-20(14)25-22(31-21)26(13-16-3-2-11-30-16)19(27)10-12-32(28,29)17-7-5-15(24)6-8-17/h4-9,16H,2-3,10-13H2,1H3. The van der Waals surface area contributed by atoms with Crippen LogP contribution in [0.4, 0.5) is 9.52 Å². The van der Waals surface area contributed by atoms with Gasteiger partial charge in [-0.25, -0.2) is 17.8 Å². The van der Waals surface area contributed by atoms with Crippen LogP contribution in [0.25, 0.3) is 10.2 Å². The highest BCUT2D eigenvalue weighted by molar-refractivity contribution is 7.91. The SMILES string of the molecule is Cc1ccc(Cl)c2sc(N(CC3CCCO3)C(=O)CCS(=O)(=O)c3ccc(F)cc3)nc12. The van der Waals surface area contributed by atoms with Crippen LogP contribution in [0.1, 0.15) is 24.8 Å². The van der Waals surface area contributed by atoms with Gasteiger partial charge in [0, 0.05) is 13.0 Å². The van der Waals surface area contributed by atoms with Crippen LogP contribution in [-0.4, -0.2) is 44.3 Å². The molecule has 1 aliphatic rings. The number of ether oxygens (including phenoxy) is 1. The molecule has 1 unspecified atom stereocenters. The van der Waals surface area contributed by atoms with Crippen molar-refractivity contribution in [2.24, 2.45) is 0 Å². The minimum absolute atomic E-state index is 0.0141. The van der Waals surface area contributed by atoms with Crippen LogP contribution in [-0.2, 0) is 19.4 Å². The molecule has 1 aliphatic heterocycles. The van der Waals surface area contributed by atoms with Crippen LogP contribution in [0.15, 0.2) is 41.3 Å². The maximum Gasteiger partial charge on any atom is 0.229 e. The third-order valence-electron chi connectivity index (χ3n) is 5.39. The Morgan fingerprint density at radius 1 is 1.28 bits per heavy atom. The fourth-order valence-electron chi connectivity index (χ4n) is 3.60. The summed E-state index contributed by atoms with van der Waals surface area (Å²) in [7, 11) is -3.74. The van der Waals surface area contributed by atoms with Crippen molar-refractivity contribution in [3.05, 3.63) is 52.8 Å². The first kappa shape index (κ1) is 23.1. The molecule has 1 fully saturated rings. The molecule has 1 atom stereocenters. The van der Waals surface area contributed by atoms with E-state index in [9.17, 15) is 17.6 Å². The van der Waals surface area contributed by atoms with E-state index in [1.54, 1.807) is 6.07 Å². The van der Waals surface area contributed by atoms with Gasteiger partial charge in [0.1, 0.15) is 5.82 Å². The number of fused-ring (bicyclic) bond motifs is 1. The van der Waals surface area contributed by atoms with Gasteiger partial charge in [-0.1, -0.05) is 29.0 Å². The monoisotopic (exact) mass is 496 g/mol. The first-order valence-electron chi connectivity index (χ1n) is 10.2. The highest BCUT2D eigenvalue weighted by Gasteiger charge is 2.28. The number of thiazole rings is 1. The molecule has 2 aromatic carbocycles. The number of aromatic nitrogens is 1. The number of benzene rings is 2. The van der Waals surface area contributed by atoms with E-state index >= 15 is 0 Å². The minimum Gasteiger partial charge on any atom is -0.376 e. The van der Waals surface area contributed by atoms with Crippen LogP contribution >= 0.6 is 22.9 Å². The van der Waals surface area contributed by atoms with Crippen molar-refractivity contribution in [3.8, 4) is 0 Å². The van der Waals surface area contributed by atoms with Crippen molar-refractivity contribution in [1.82, 2.24) is 4.98 Å². The Labute approximate surface area is 194 Å². The second-order valence-corrected chi connectivity index (χ2v) is 11.2. The maximum absolute atomic E-state index is 13.2. The zero-order valence-electron chi connectivity index (χ0n) is 17.4. The topological polar surface area (TPSA) is 76.6 Å². The van der Waals surface area contributed by atoms with E-state index in [4.69, 9.17) is 16.3 Å². The summed E-state index contributed by atoms with van der Waals surface area (Å²) < 4.78 is 44.9. The lowest BCUT2D eigenvalue weighted by Gasteiger charge is -2.23. The van der Waals surface area contributed by atoms with Gasteiger partial charge in [0.25, 0.3) is 0 Å².